The normalized spacial score (nSPS) is 16.0. The third-order valence-corrected chi connectivity index (χ3v) is 2.31. The molecule has 1 aromatic heterocycles. The number of rotatable bonds is 0. The van der Waals surface area contributed by atoms with E-state index in [1.807, 2.05) is 18.2 Å². The minimum Gasteiger partial charge on any atom is -0.365 e. The number of aromatic nitrogens is 2. The second-order valence-electron chi connectivity index (χ2n) is 3.10. The summed E-state index contributed by atoms with van der Waals surface area (Å²) in [5.74, 6) is 0.924. The molecule has 2 heterocycles. The van der Waals surface area contributed by atoms with E-state index >= 15 is 0 Å². The lowest BCUT2D eigenvalue weighted by atomic mass is 10.3. The van der Waals surface area contributed by atoms with Gasteiger partial charge < -0.3 is 9.30 Å². The van der Waals surface area contributed by atoms with Gasteiger partial charge in [-0.3, -0.25) is 0 Å². The maximum atomic E-state index is 5.22. The van der Waals surface area contributed by atoms with Crippen LogP contribution in [0.25, 0.3) is 11.0 Å². The van der Waals surface area contributed by atoms with Crippen LogP contribution >= 0.6 is 0 Å². The number of hydrogen-bond acceptors (Lipinski definition) is 2. The molecule has 0 fully saturated rings. The Bertz CT molecular complexity index is 447. The first-order chi connectivity index (χ1) is 6.45. The molecule has 1 aromatic carbocycles. The van der Waals surface area contributed by atoms with E-state index in [0.29, 0.717) is 0 Å². The lowest BCUT2D eigenvalue weighted by molar-refractivity contribution is 0.173. The zero-order valence-electron chi connectivity index (χ0n) is 7.10. The summed E-state index contributed by atoms with van der Waals surface area (Å²) < 4.78 is 7.40. The van der Waals surface area contributed by atoms with Gasteiger partial charge in [0.05, 0.1) is 17.6 Å². The summed E-state index contributed by atoms with van der Waals surface area (Å²) in [4.78, 5) is 4.44. The highest BCUT2D eigenvalue weighted by Gasteiger charge is 2.14. The molecular formula is C10H9N2O. The zero-order chi connectivity index (χ0) is 8.67. The fourth-order valence-corrected chi connectivity index (χ4v) is 1.70. The van der Waals surface area contributed by atoms with E-state index in [1.54, 1.807) is 6.61 Å². The standard InChI is InChI=1S/C10H9N2O/c1-2-4-9-8(3-1)11-10-7-13-6-5-12(9)10/h1-4,7H,5-6H2. The van der Waals surface area contributed by atoms with Crippen LogP contribution in [-0.2, 0) is 11.3 Å². The summed E-state index contributed by atoms with van der Waals surface area (Å²) in [7, 11) is 0. The molecule has 0 spiro atoms. The smallest absolute Gasteiger partial charge is 0.149 e. The number of benzene rings is 1. The number of fused-ring (bicyclic) bond motifs is 3. The molecule has 0 saturated heterocycles. The molecule has 2 aromatic rings. The van der Waals surface area contributed by atoms with Crippen LogP contribution in [0.5, 0.6) is 0 Å². The van der Waals surface area contributed by atoms with Gasteiger partial charge in [-0.2, -0.15) is 0 Å². The van der Waals surface area contributed by atoms with Crippen molar-refractivity contribution in [3.05, 3.63) is 36.7 Å². The number of imidazole rings is 1. The summed E-state index contributed by atoms with van der Waals surface area (Å²) in [6, 6.07) is 8.15. The van der Waals surface area contributed by atoms with E-state index < -0.39 is 0 Å². The third-order valence-electron chi connectivity index (χ3n) is 2.31. The number of para-hydroxylation sites is 2. The fraction of sp³-hybridized carbons (Fsp3) is 0.200. The largest absolute Gasteiger partial charge is 0.365 e. The van der Waals surface area contributed by atoms with Crippen molar-refractivity contribution in [1.29, 1.82) is 0 Å². The molecule has 1 aliphatic rings. The van der Waals surface area contributed by atoms with Gasteiger partial charge in [0.15, 0.2) is 0 Å². The average molecular weight is 173 g/mol. The first kappa shape index (κ1) is 7.09. The van der Waals surface area contributed by atoms with Gasteiger partial charge in [-0.05, 0) is 12.1 Å². The molecule has 0 amide bonds. The number of ether oxygens (including phenoxy) is 1. The van der Waals surface area contributed by atoms with E-state index in [1.165, 1.54) is 5.52 Å². The maximum absolute atomic E-state index is 5.22. The molecule has 0 saturated carbocycles. The van der Waals surface area contributed by atoms with Crippen molar-refractivity contribution < 1.29 is 4.74 Å². The Morgan fingerprint density at radius 2 is 2.23 bits per heavy atom. The van der Waals surface area contributed by atoms with Gasteiger partial charge in [0.1, 0.15) is 12.4 Å². The van der Waals surface area contributed by atoms with Crippen LogP contribution in [0, 0.1) is 6.61 Å². The van der Waals surface area contributed by atoms with E-state index in [9.17, 15) is 0 Å². The predicted molar refractivity (Wildman–Crippen MR) is 49.1 cm³/mol. The highest BCUT2D eigenvalue weighted by molar-refractivity contribution is 5.76. The molecule has 0 bridgehead atoms. The topological polar surface area (TPSA) is 27.1 Å². The van der Waals surface area contributed by atoms with Crippen molar-refractivity contribution in [3.63, 3.8) is 0 Å². The molecule has 3 heteroatoms. The molecule has 1 radical (unpaired) electrons. The van der Waals surface area contributed by atoms with Gasteiger partial charge in [0.2, 0.25) is 0 Å². The van der Waals surface area contributed by atoms with Crippen molar-refractivity contribution in [1.82, 2.24) is 9.55 Å². The first-order valence-electron chi connectivity index (χ1n) is 4.35. The predicted octanol–water partition coefficient (Wildman–Crippen LogP) is 1.58. The van der Waals surface area contributed by atoms with Gasteiger partial charge >= 0.3 is 0 Å². The molecule has 0 aliphatic carbocycles. The Kier molecular flexibility index (Phi) is 1.40. The minimum atomic E-state index is 0.743. The quantitative estimate of drug-likeness (QED) is 0.604. The molecule has 0 atom stereocenters. The fourth-order valence-electron chi connectivity index (χ4n) is 1.70. The Morgan fingerprint density at radius 1 is 1.31 bits per heavy atom. The number of nitrogens with zero attached hydrogens (tertiary/aromatic N) is 2. The summed E-state index contributed by atoms with van der Waals surface area (Å²) >= 11 is 0. The van der Waals surface area contributed by atoms with Gasteiger partial charge in [0, 0.05) is 6.54 Å². The number of hydrogen-bond donors (Lipinski definition) is 0. The molecule has 1 aliphatic heterocycles. The summed E-state index contributed by atoms with van der Waals surface area (Å²) in [5.41, 5.74) is 2.23. The Balaban J connectivity index is 2.34. The minimum absolute atomic E-state index is 0.743. The zero-order valence-corrected chi connectivity index (χ0v) is 7.10. The maximum Gasteiger partial charge on any atom is 0.149 e. The van der Waals surface area contributed by atoms with Crippen LogP contribution < -0.4 is 0 Å². The van der Waals surface area contributed by atoms with Gasteiger partial charge in [-0.15, -0.1) is 0 Å². The molecule has 0 unspecified atom stereocenters. The van der Waals surface area contributed by atoms with Crippen molar-refractivity contribution in [2.45, 2.75) is 6.54 Å². The molecule has 3 nitrogen and oxygen atoms in total. The molecule has 3 rings (SSSR count). The van der Waals surface area contributed by atoms with Gasteiger partial charge in [0.25, 0.3) is 0 Å². The monoisotopic (exact) mass is 173 g/mol. The molecule has 13 heavy (non-hydrogen) atoms. The molecule has 0 N–H and O–H groups in total. The van der Waals surface area contributed by atoms with Crippen molar-refractivity contribution in [2.75, 3.05) is 6.61 Å². The van der Waals surface area contributed by atoms with E-state index in [0.717, 1.165) is 24.5 Å². The summed E-state index contributed by atoms with van der Waals surface area (Å²) in [6.45, 7) is 3.36. The van der Waals surface area contributed by atoms with Crippen molar-refractivity contribution in [2.24, 2.45) is 0 Å². The SMILES string of the molecule is [CH]1OCCn2c1nc1ccccc12. The first-order valence-corrected chi connectivity index (χ1v) is 4.35. The van der Waals surface area contributed by atoms with Crippen molar-refractivity contribution >= 4 is 11.0 Å². The lowest BCUT2D eigenvalue weighted by Crippen LogP contribution is -2.14. The van der Waals surface area contributed by atoms with Crippen LogP contribution in [0.15, 0.2) is 24.3 Å². The van der Waals surface area contributed by atoms with Crippen LogP contribution in [0.1, 0.15) is 5.82 Å². The van der Waals surface area contributed by atoms with Crippen LogP contribution in [0.3, 0.4) is 0 Å². The van der Waals surface area contributed by atoms with Crippen LogP contribution in [-0.4, -0.2) is 16.2 Å². The summed E-state index contributed by atoms with van der Waals surface area (Å²) in [5, 5.41) is 0. The second-order valence-corrected chi connectivity index (χ2v) is 3.10. The Morgan fingerprint density at radius 3 is 3.23 bits per heavy atom. The van der Waals surface area contributed by atoms with Crippen LogP contribution in [0.2, 0.25) is 0 Å². The second kappa shape index (κ2) is 2.57. The third kappa shape index (κ3) is 0.971. The highest BCUT2D eigenvalue weighted by Crippen LogP contribution is 2.19. The van der Waals surface area contributed by atoms with Crippen molar-refractivity contribution in [3.8, 4) is 0 Å². The average Bonchev–Trinajstić information content (AvgIpc) is 2.56. The van der Waals surface area contributed by atoms with E-state index in [-0.39, 0.29) is 0 Å². The highest BCUT2D eigenvalue weighted by atomic mass is 16.5. The van der Waals surface area contributed by atoms with Gasteiger partial charge in [-0.25, -0.2) is 4.98 Å². The Labute approximate surface area is 76.0 Å². The van der Waals surface area contributed by atoms with Gasteiger partial charge in [-0.1, -0.05) is 12.1 Å². The van der Waals surface area contributed by atoms with E-state index in [4.69, 9.17) is 4.74 Å². The lowest BCUT2D eigenvalue weighted by Gasteiger charge is -2.13. The molecule has 65 valence electrons. The van der Waals surface area contributed by atoms with E-state index in [2.05, 4.69) is 15.6 Å². The van der Waals surface area contributed by atoms with Crippen LogP contribution in [0.4, 0.5) is 0 Å². The molecular weight excluding hydrogens is 164 g/mol. The Hall–Kier alpha value is -1.35. The summed E-state index contributed by atoms with van der Waals surface area (Å²) in [6.07, 6.45) is 0.